The van der Waals surface area contributed by atoms with Crippen molar-refractivity contribution < 1.29 is 19.0 Å². The van der Waals surface area contributed by atoms with Gasteiger partial charge in [0, 0.05) is 5.41 Å². The summed E-state index contributed by atoms with van der Waals surface area (Å²) >= 11 is 0. The van der Waals surface area contributed by atoms with Gasteiger partial charge in [0.05, 0.1) is 13.5 Å². The molecule has 0 spiro atoms. The molecule has 0 aliphatic carbocycles. The van der Waals surface area contributed by atoms with E-state index in [4.69, 9.17) is 14.2 Å². The Morgan fingerprint density at radius 2 is 2.06 bits per heavy atom. The van der Waals surface area contributed by atoms with Crippen LogP contribution in [0.2, 0.25) is 0 Å². The molecule has 0 N–H and O–H groups in total. The van der Waals surface area contributed by atoms with Crippen molar-refractivity contribution >= 4 is 5.97 Å². The molecule has 1 heterocycles. The minimum Gasteiger partial charge on any atom is -0.469 e. The maximum absolute atomic E-state index is 11.4. The Morgan fingerprint density at radius 1 is 1.35 bits per heavy atom. The second-order valence-electron chi connectivity index (χ2n) is 4.70. The monoisotopic (exact) mass is 236 g/mol. The largest absolute Gasteiger partial charge is 0.469 e. The predicted octanol–water partition coefficient (Wildman–Crippen LogP) is 2.26. The molecule has 2 rings (SSSR count). The molecule has 0 bridgehead atoms. The van der Waals surface area contributed by atoms with E-state index < -0.39 is 0 Å². The van der Waals surface area contributed by atoms with Crippen LogP contribution in [0, 0.1) is 0 Å². The number of ether oxygens (including phenoxy) is 3. The van der Waals surface area contributed by atoms with Gasteiger partial charge in [-0.2, -0.15) is 0 Å². The SMILES string of the molecule is COC(=O)CC(C)(C)c1ccc2c(c1)OCO2. The van der Waals surface area contributed by atoms with Crippen LogP contribution in [-0.2, 0) is 14.9 Å². The van der Waals surface area contributed by atoms with Crippen LogP contribution < -0.4 is 9.47 Å². The summed E-state index contributed by atoms with van der Waals surface area (Å²) in [5.41, 5.74) is 0.751. The molecule has 1 aromatic carbocycles. The third-order valence-corrected chi connectivity index (χ3v) is 2.97. The van der Waals surface area contributed by atoms with Gasteiger partial charge < -0.3 is 14.2 Å². The second kappa shape index (κ2) is 4.28. The molecule has 0 radical (unpaired) electrons. The highest BCUT2D eigenvalue weighted by Crippen LogP contribution is 2.37. The fourth-order valence-electron chi connectivity index (χ4n) is 1.85. The third kappa shape index (κ3) is 2.35. The van der Waals surface area contributed by atoms with Crippen molar-refractivity contribution in [2.45, 2.75) is 25.7 Å². The van der Waals surface area contributed by atoms with Crippen molar-refractivity contribution in [2.24, 2.45) is 0 Å². The van der Waals surface area contributed by atoms with Gasteiger partial charge in [-0.1, -0.05) is 19.9 Å². The van der Waals surface area contributed by atoms with Gasteiger partial charge in [-0.3, -0.25) is 4.79 Å². The molecular weight excluding hydrogens is 220 g/mol. The number of methoxy groups -OCH3 is 1. The molecule has 17 heavy (non-hydrogen) atoms. The van der Waals surface area contributed by atoms with Crippen LogP contribution in [0.5, 0.6) is 11.5 Å². The zero-order valence-corrected chi connectivity index (χ0v) is 10.3. The quantitative estimate of drug-likeness (QED) is 0.755. The molecule has 0 unspecified atom stereocenters. The molecule has 0 amide bonds. The summed E-state index contributed by atoms with van der Waals surface area (Å²) in [7, 11) is 1.40. The first-order chi connectivity index (χ1) is 8.03. The van der Waals surface area contributed by atoms with E-state index >= 15 is 0 Å². The first kappa shape index (κ1) is 11.8. The van der Waals surface area contributed by atoms with Crippen LogP contribution in [0.1, 0.15) is 25.8 Å². The fraction of sp³-hybridized carbons (Fsp3) is 0.462. The molecular formula is C13H16O4. The fourth-order valence-corrected chi connectivity index (χ4v) is 1.85. The Labute approximate surface area is 100 Å². The lowest BCUT2D eigenvalue weighted by molar-refractivity contribution is -0.141. The lowest BCUT2D eigenvalue weighted by atomic mass is 9.81. The van der Waals surface area contributed by atoms with E-state index in [2.05, 4.69) is 0 Å². The molecule has 4 heteroatoms. The van der Waals surface area contributed by atoms with Crippen molar-refractivity contribution in [2.75, 3.05) is 13.9 Å². The highest BCUT2D eigenvalue weighted by molar-refractivity contribution is 5.71. The van der Waals surface area contributed by atoms with Crippen LogP contribution >= 0.6 is 0 Å². The summed E-state index contributed by atoms with van der Waals surface area (Å²) in [4.78, 5) is 11.4. The van der Waals surface area contributed by atoms with Crippen molar-refractivity contribution in [3.05, 3.63) is 23.8 Å². The number of rotatable bonds is 3. The Bertz CT molecular complexity index is 437. The molecule has 0 atom stereocenters. The van der Waals surface area contributed by atoms with Gasteiger partial charge in [-0.15, -0.1) is 0 Å². The van der Waals surface area contributed by atoms with Gasteiger partial charge in [0.2, 0.25) is 6.79 Å². The summed E-state index contributed by atoms with van der Waals surface area (Å²) in [6.45, 7) is 4.26. The van der Waals surface area contributed by atoms with Crippen LogP contribution in [0.15, 0.2) is 18.2 Å². The van der Waals surface area contributed by atoms with E-state index in [0.29, 0.717) is 6.42 Å². The zero-order valence-electron chi connectivity index (χ0n) is 10.3. The van der Waals surface area contributed by atoms with E-state index in [9.17, 15) is 4.79 Å². The summed E-state index contributed by atoms with van der Waals surface area (Å²) in [5, 5.41) is 0. The number of carbonyl (C=O) groups excluding carboxylic acids is 1. The first-order valence-corrected chi connectivity index (χ1v) is 5.50. The number of hydrogen-bond acceptors (Lipinski definition) is 4. The minimum atomic E-state index is -0.284. The Balaban J connectivity index is 2.24. The smallest absolute Gasteiger partial charge is 0.306 e. The lowest BCUT2D eigenvalue weighted by Crippen LogP contribution is -2.22. The summed E-state index contributed by atoms with van der Waals surface area (Å²) in [5.74, 6) is 1.27. The molecule has 1 aromatic rings. The van der Waals surface area contributed by atoms with Crippen molar-refractivity contribution in [3.8, 4) is 11.5 Å². The second-order valence-corrected chi connectivity index (χ2v) is 4.70. The lowest BCUT2D eigenvalue weighted by Gasteiger charge is -2.24. The summed E-state index contributed by atoms with van der Waals surface area (Å²) < 4.78 is 15.3. The Kier molecular flexibility index (Phi) is 2.96. The first-order valence-electron chi connectivity index (χ1n) is 5.50. The predicted molar refractivity (Wildman–Crippen MR) is 62.2 cm³/mol. The number of fused-ring (bicyclic) bond motifs is 1. The topological polar surface area (TPSA) is 44.8 Å². The summed E-state index contributed by atoms with van der Waals surface area (Å²) in [6.07, 6.45) is 0.336. The van der Waals surface area contributed by atoms with Gasteiger partial charge in [0.25, 0.3) is 0 Å². The van der Waals surface area contributed by atoms with E-state index in [1.807, 2.05) is 32.0 Å². The maximum Gasteiger partial charge on any atom is 0.306 e. The molecule has 4 nitrogen and oxygen atoms in total. The highest BCUT2D eigenvalue weighted by atomic mass is 16.7. The van der Waals surface area contributed by atoms with Gasteiger partial charge in [-0.25, -0.2) is 0 Å². The zero-order chi connectivity index (χ0) is 12.5. The average Bonchev–Trinajstić information content (AvgIpc) is 2.75. The van der Waals surface area contributed by atoms with Crippen LogP contribution in [0.25, 0.3) is 0 Å². The molecule has 92 valence electrons. The molecule has 0 saturated heterocycles. The molecule has 1 aliphatic heterocycles. The van der Waals surface area contributed by atoms with Crippen LogP contribution in [0.3, 0.4) is 0 Å². The van der Waals surface area contributed by atoms with Gasteiger partial charge >= 0.3 is 5.97 Å². The van der Waals surface area contributed by atoms with E-state index in [0.717, 1.165) is 17.1 Å². The number of hydrogen-bond donors (Lipinski definition) is 0. The van der Waals surface area contributed by atoms with E-state index in [1.54, 1.807) is 0 Å². The Morgan fingerprint density at radius 3 is 2.76 bits per heavy atom. The number of benzene rings is 1. The average molecular weight is 236 g/mol. The van der Waals surface area contributed by atoms with E-state index in [-0.39, 0.29) is 18.2 Å². The van der Waals surface area contributed by atoms with Crippen molar-refractivity contribution in [1.29, 1.82) is 0 Å². The normalized spacial score (nSPS) is 13.6. The minimum absolute atomic E-state index is 0.215. The molecule has 0 aromatic heterocycles. The van der Waals surface area contributed by atoms with E-state index in [1.165, 1.54) is 7.11 Å². The van der Waals surface area contributed by atoms with Gasteiger partial charge in [0.1, 0.15) is 0 Å². The number of carbonyl (C=O) groups is 1. The molecule has 0 saturated carbocycles. The molecule has 1 aliphatic rings. The Hall–Kier alpha value is -1.71. The van der Waals surface area contributed by atoms with Gasteiger partial charge in [-0.05, 0) is 17.7 Å². The standard InChI is InChI=1S/C13H16O4/c1-13(2,7-12(14)15-3)9-4-5-10-11(6-9)17-8-16-10/h4-6H,7-8H2,1-3H3. The highest BCUT2D eigenvalue weighted by Gasteiger charge is 2.27. The van der Waals surface area contributed by atoms with Crippen molar-refractivity contribution in [3.63, 3.8) is 0 Å². The number of esters is 1. The van der Waals surface area contributed by atoms with Crippen molar-refractivity contribution in [1.82, 2.24) is 0 Å². The third-order valence-electron chi connectivity index (χ3n) is 2.97. The summed E-state index contributed by atoms with van der Waals surface area (Å²) in [6, 6.07) is 5.75. The van der Waals surface area contributed by atoms with Crippen LogP contribution in [0.4, 0.5) is 0 Å². The maximum atomic E-state index is 11.4. The van der Waals surface area contributed by atoms with Crippen LogP contribution in [-0.4, -0.2) is 19.9 Å². The van der Waals surface area contributed by atoms with Gasteiger partial charge in [0.15, 0.2) is 11.5 Å². The molecule has 0 fully saturated rings.